The summed E-state index contributed by atoms with van der Waals surface area (Å²) in [5.41, 5.74) is 3.18. The van der Waals surface area contributed by atoms with Crippen molar-refractivity contribution in [3.8, 4) is 5.75 Å². The molecule has 156 valence electrons. The smallest absolute Gasteiger partial charge is 0.329 e. The third kappa shape index (κ3) is 7.57. The largest absolute Gasteiger partial charge is 0.484 e. The summed E-state index contributed by atoms with van der Waals surface area (Å²) >= 11 is 11.7. The predicted molar refractivity (Wildman–Crippen MR) is 116 cm³/mol. The molecule has 0 saturated carbocycles. The molecule has 2 aromatic rings. The minimum Gasteiger partial charge on any atom is -0.484 e. The summed E-state index contributed by atoms with van der Waals surface area (Å²) in [5.74, 6) is -1.69. The van der Waals surface area contributed by atoms with Crippen LogP contribution in [0.25, 0.3) is 0 Å². The number of rotatable bonds is 8. The van der Waals surface area contributed by atoms with E-state index in [1.807, 2.05) is 0 Å². The van der Waals surface area contributed by atoms with Crippen molar-refractivity contribution >= 4 is 52.8 Å². The topological polar surface area (TPSA) is 109 Å². The van der Waals surface area contributed by atoms with Gasteiger partial charge in [0.05, 0.1) is 16.3 Å². The van der Waals surface area contributed by atoms with Crippen LogP contribution in [0, 0.1) is 0 Å². The number of carbonyl (C=O) groups is 3. The maximum absolute atomic E-state index is 12.0. The predicted octanol–water partition coefficient (Wildman–Crippen LogP) is 2.76. The van der Waals surface area contributed by atoms with E-state index >= 15 is 0 Å². The molecule has 0 unspecified atom stereocenters. The molecule has 0 radical (unpaired) electrons. The second kappa shape index (κ2) is 11.6. The maximum atomic E-state index is 12.0. The highest BCUT2D eigenvalue weighted by molar-refractivity contribution is 6.42. The van der Waals surface area contributed by atoms with Gasteiger partial charge in [0, 0.05) is 12.2 Å². The summed E-state index contributed by atoms with van der Waals surface area (Å²) in [7, 11) is 0. The Morgan fingerprint density at radius 3 is 2.60 bits per heavy atom. The van der Waals surface area contributed by atoms with E-state index in [0.29, 0.717) is 27.0 Å². The number of ether oxygens (including phenoxy) is 1. The first-order valence-corrected chi connectivity index (χ1v) is 9.34. The number of carbonyl (C=O) groups excluding carboxylic acids is 3. The third-order valence-electron chi connectivity index (χ3n) is 3.42. The summed E-state index contributed by atoms with van der Waals surface area (Å²) in [6, 6.07) is 11.4. The lowest BCUT2D eigenvalue weighted by atomic mass is 10.2. The molecule has 0 bridgehead atoms. The number of benzene rings is 2. The van der Waals surface area contributed by atoms with Crippen molar-refractivity contribution in [3.05, 3.63) is 70.7 Å². The average molecular weight is 449 g/mol. The number of hydrogen-bond donors (Lipinski definition) is 3. The van der Waals surface area contributed by atoms with Crippen LogP contribution in [0.15, 0.2) is 60.2 Å². The number of nitrogens with zero attached hydrogens (tertiary/aromatic N) is 1. The first kappa shape index (κ1) is 22.9. The van der Waals surface area contributed by atoms with Gasteiger partial charge >= 0.3 is 11.8 Å². The summed E-state index contributed by atoms with van der Waals surface area (Å²) in [6.07, 6.45) is 2.78. The van der Waals surface area contributed by atoms with Crippen molar-refractivity contribution in [1.82, 2.24) is 10.7 Å². The minimum absolute atomic E-state index is 0.175. The normalized spacial score (nSPS) is 10.3. The molecule has 0 aliphatic rings. The fraction of sp³-hybridized carbons (Fsp3) is 0.100. The fourth-order valence-corrected chi connectivity index (χ4v) is 2.36. The van der Waals surface area contributed by atoms with Gasteiger partial charge in [0.15, 0.2) is 6.61 Å². The van der Waals surface area contributed by atoms with E-state index in [4.69, 9.17) is 27.9 Å². The number of hydrazone groups is 1. The van der Waals surface area contributed by atoms with Gasteiger partial charge in [-0.25, -0.2) is 5.43 Å². The molecule has 30 heavy (non-hydrogen) atoms. The molecule has 0 aliphatic carbocycles. The number of hydrogen-bond acceptors (Lipinski definition) is 5. The van der Waals surface area contributed by atoms with Gasteiger partial charge in [0.25, 0.3) is 5.91 Å². The maximum Gasteiger partial charge on any atom is 0.329 e. The second-order valence-corrected chi connectivity index (χ2v) is 6.55. The van der Waals surface area contributed by atoms with Crippen molar-refractivity contribution in [2.75, 3.05) is 18.5 Å². The SMILES string of the molecule is C=CCNC(=O)C(=O)N/N=C\c1cccc(OCC(=O)Nc2ccc(Cl)c(Cl)c2)c1. The Bertz CT molecular complexity index is 979. The summed E-state index contributed by atoms with van der Waals surface area (Å²) < 4.78 is 5.45. The van der Waals surface area contributed by atoms with Gasteiger partial charge in [-0.2, -0.15) is 5.10 Å². The van der Waals surface area contributed by atoms with Gasteiger partial charge < -0.3 is 15.4 Å². The fourth-order valence-electron chi connectivity index (χ4n) is 2.07. The van der Waals surface area contributed by atoms with Crippen molar-refractivity contribution in [1.29, 1.82) is 0 Å². The number of anilines is 1. The molecule has 8 nitrogen and oxygen atoms in total. The molecule has 0 aliphatic heterocycles. The molecule has 2 aromatic carbocycles. The molecule has 0 atom stereocenters. The van der Waals surface area contributed by atoms with Crippen LogP contribution in [-0.2, 0) is 14.4 Å². The quantitative estimate of drug-likeness (QED) is 0.249. The summed E-state index contributed by atoms with van der Waals surface area (Å²) in [4.78, 5) is 34.9. The Labute approximate surface area is 182 Å². The zero-order valence-electron chi connectivity index (χ0n) is 15.7. The van der Waals surface area contributed by atoms with Crippen LogP contribution in [0.5, 0.6) is 5.75 Å². The van der Waals surface area contributed by atoms with Gasteiger partial charge in [0.1, 0.15) is 5.75 Å². The van der Waals surface area contributed by atoms with Crippen LogP contribution in [0.1, 0.15) is 5.56 Å². The third-order valence-corrected chi connectivity index (χ3v) is 4.16. The first-order valence-electron chi connectivity index (χ1n) is 8.59. The van der Waals surface area contributed by atoms with Gasteiger partial charge in [0.2, 0.25) is 0 Å². The van der Waals surface area contributed by atoms with Gasteiger partial charge in [-0.05, 0) is 35.9 Å². The van der Waals surface area contributed by atoms with E-state index in [9.17, 15) is 14.4 Å². The van der Waals surface area contributed by atoms with E-state index in [1.54, 1.807) is 36.4 Å². The van der Waals surface area contributed by atoms with Crippen molar-refractivity contribution in [3.63, 3.8) is 0 Å². The van der Waals surface area contributed by atoms with Gasteiger partial charge in [-0.3, -0.25) is 14.4 Å². The Morgan fingerprint density at radius 2 is 1.87 bits per heavy atom. The van der Waals surface area contributed by atoms with E-state index in [0.717, 1.165) is 0 Å². The van der Waals surface area contributed by atoms with Crippen LogP contribution < -0.4 is 20.8 Å². The Hall–Kier alpha value is -3.36. The van der Waals surface area contributed by atoms with Crippen molar-refractivity contribution < 1.29 is 19.1 Å². The molecular formula is C20H18Cl2N4O4. The van der Waals surface area contributed by atoms with E-state index in [2.05, 4.69) is 27.7 Å². The average Bonchev–Trinajstić information content (AvgIpc) is 2.73. The van der Waals surface area contributed by atoms with E-state index < -0.39 is 11.8 Å². The monoisotopic (exact) mass is 448 g/mol. The van der Waals surface area contributed by atoms with Crippen LogP contribution >= 0.6 is 23.2 Å². The molecule has 0 heterocycles. The first-order chi connectivity index (χ1) is 14.4. The van der Waals surface area contributed by atoms with Crippen molar-refractivity contribution in [2.45, 2.75) is 0 Å². The Balaban J connectivity index is 1.85. The minimum atomic E-state index is -0.903. The second-order valence-electron chi connectivity index (χ2n) is 5.74. The molecule has 3 N–H and O–H groups in total. The van der Waals surface area contributed by atoms with Crippen LogP contribution in [-0.4, -0.2) is 37.1 Å². The summed E-state index contributed by atoms with van der Waals surface area (Å²) in [5, 5.41) is 9.39. The molecule has 0 saturated heterocycles. The highest BCUT2D eigenvalue weighted by Crippen LogP contribution is 2.25. The Kier molecular flexibility index (Phi) is 8.86. The zero-order valence-corrected chi connectivity index (χ0v) is 17.2. The highest BCUT2D eigenvalue weighted by Gasteiger charge is 2.10. The molecule has 10 heteroatoms. The van der Waals surface area contributed by atoms with E-state index in [-0.39, 0.29) is 19.1 Å². The molecular weight excluding hydrogens is 431 g/mol. The molecule has 2 rings (SSSR count). The Morgan fingerprint density at radius 1 is 1.07 bits per heavy atom. The van der Waals surface area contributed by atoms with Crippen LogP contribution in [0.3, 0.4) is 0 Å². The molecule has 0 spiro atoms. The molecule has 0 fully saturated rings. The van der Waals surface area contributed by atoms with Crippen LogP contribution in [0.2, 0.25) is 10.0 Å². The number of nitrogens with one attached hydrogen (secondary N) is 3. The molecule has 3 amide bonds. The number of halogens is 2. The van der Waals surface area contributed by atoms with Gasteiger partial charge in [-0.1, -0.05) is 41.4 Å². The lowest BCUT2D eigenvalue weighted by molar-refractivity contribution is -0.139. The van der Waals surface area contributed by atoms with Crippen LogP contribution in [0.4, 0.5) is 5.69 Å². The standard InChI is InChI=1S/C20H18Cl2N4O4/c1-2-8-23-19(28)20(29)26-24-11-13-4-3-5-15(9-13)30-12-18(27)25-14-6-7-16(21)17(22)10-14/h2-7,9-11H,1,8,12H2,(H,23,28)(H,25,27)(H,26,29)/b24-11-. The lowest BCUT2D eigenvalue weighted by Gasteiger charge is -2.08. The van der Waals surface area contributed by atoms with E-state index in [1.165, 1.54) is 18.4 Å². The lowest BCUT2D eigenvalue weighted by Crippen LogP contribution is -2.37. The number of amides is 3. The molecule has 0 aromatic heterocycles. The van der Waals surface area contributed by atoms with Crippen molar-refractivity contribution in [2.24, 2.45) is 5.10 Å². The van der Waals surface area contributed by atoms with Gasteiger partial charge in [-0.15, -0.1) is 6.58 Å². The highest BCUT2D eigenvalue weighted by atomic mass is 35.5. The summed E-state index contributed by atoms with van der Waals surface area (Å²) in [6.45, 7) is 3.37. The zero-order chi connectivity index (χ0) is 21.9.